The molecule has 1 aromatic rings. The predicted molar refractivity (Wildman–Crippen MR) is 52.8 cm³/mol. The Bertz CT molecular complexity index is 296. The molecule has 0 saturated heterocycles. The maximum absolute atomic E-state index is 12.6. The van der Waals surface area contributed by atoms with Gasteiger partial charge in [-0.15, -0.1) is 0 Å². The first-order valence-corrected chi connectivity index (χ1v) is 4.25. The van der Waals surface area contributed by atoms with Crippen LogP contribution in [0.15, 0.2) is 35.9 Å². The van der Waals surface area contributed by atoms with Gasteiger partial charge in [0, 0.05) is 6.04 Å². The number of nitrogens with two attached hydrogens (primary N) is 1. The van der Waals surface area contributed by atoms with Crippen molar-refractivity contribution in [3.63, 3.8) is 0 Å². The van der Waals surface area contributed by atoms with Crippen LogP contribution in [0.5, 0.6) is 0 Å². The normalized spacial score (nSPS) is 12.3. The summed E-state index contributed by atoms with van der Waals surface area (Å²) >= 11 is 0. The Morgan fingerprint density at radius 2 is 1.85 bits per heavy atom. The fourth-order valence-corrected chi connectivity index (χ4v) is 1.14. The highest BCUT2D eigenvalue weighted by molar-refractivity contribution is 5.24. The molecule has 1 aromatic carbocycles. The van der Waals surface area contributed by atoms with Crippen LogP contribution in [0.2, 0.25) is 0 Å². The second kappa shape index (κ2) is 4.19. The monoisotopic (exact) mass is 179 g/mol. The van der Waals surface area contributed by atoms with E-state index in [-0.39, 0.29) is 11.9 Å². The van der Waals surface area contributed by atoms with E-state index in [1.54, 1.807) is 12.1 Å². The molecule has 0 aliphatic rings. The minimum absolute atomic E-state index is 0.134. The average molecular weight is 179 g/mol. The summed E-state index contributed by atoms with van der Waals surface area (Å²) in [5, 5.41) is 0. The van der Waals surface area contributed by atoms with Crippen LogP contribution in [0.3, 0.4) is 0 Å². The first kappa shape index (κ1) is 9.93. The fourth-order valence-electron chi connectivity index (χ4n) is 1.14. The highest BCUT2D eigenvalue weighted by Gasteiger charge is 2.01. The van der Waals surface area contributed by atoms with E-state index < -0.39 is 0 Å². The average Bonchev–Trinajstić information content (AvgIpc) is 2.04. The molecule has 1 atom stereocenters. The Balaban J connectivity index is 2.83. The van der Waals surface area contributed by atoms with E-state index >= 15 is 0 Å². The van der Waals surface area contributed by atoms with Crippen LogP contribution >= 0.6 is 0 Å². The number of rotatable bonds is 2. The molecule has 0 saturated carbocycles. The first-order chi connectivity index (χ1) is 6.09. The van der Waals surface area contributed by atoms with E-state index in [4.69, 9.17) is 5.73 Å². The Hall–Kier alpha value is -1.15. The number of allylic oxidation sites excluding steroid dienone is 1. The van der Waals surface area contributed by atoms with E-state index in [0.29, 0.717) is 0 Å². The van der Waals surface area contributed by atoms with Crippen molar-refractivity contribution in [2.45, 2.75) is 19.9 Å². The van der Waals surface area contributed by atoms with Crippen molar-refractivity contribution in [1.82, 2.24) is 0 Å². The van der Waals surface area contributed by atoms with Crippen LogP contribution in [0.4, 0.5) is 4.39 Å². The molecule has 0 radical (unpaired) electrons. The lowest BCUT2D eigenvalue weighted by molar-refractivity contribution is 0.626. The van der Waals surface area contributed by atoms with Crippen molar-refractivity contribution in [3.8, 4) is 0 Å². The molecule has 1 rings (SSSR count). The molecule has 0 amide bonds. The van der Waals surface area contributed by atoms with Crippen molar-refractivity contribution in [3.05, 3.63) is 47.3 Å². The van der Waals surface area contributed by atoms with Crippen molar-refractivity contribution in [2.75, 3.05) is 0 Å². The zero-order valence-electron chi connectivity index (χ0n) is 7.92. The fraction of sp³-hybridized carbons (Fsp3) is 0.273. The topological polar surface area (TPSA) is 26.0 Å². The molecule has 0 fully saturated rings. The summed E-state index contributed by atoms with van der Waals surface area (Å²) in [6.45, 7) is 3.98. The van der Waals surface area contributed by atoms with Gasteiger partial charge in [0.05, 0.1) is 0 Å². The van der Waals surface area contributed by atoms with Crippen LogP contribution in [0.1, 0.15) is 25.5 Å². The van der Waals surface area contributed by atoms with Crippen molar-refractivity contribution in [2.24, 2.45) is 5.73 Å². The molecule has 0 aromatic heterocycles. The Kier molecular flexibility index (Phi) is 3.20. The van der Waals surface area contributed by atoms with Gasteiger partial charge < -0.3 is 5.73 Å². The molecule has 2 N–H and O–H groups in total. The zero-order chi connectivity index (χ0) is 9.84. The van der Waals surface area contributed by atoms with Gasteiger partial charge in [-0.1, -0.05) is 23.8 Å². The maximum Gasteiger partial charge on any atom is 0.123 e. The molecular formula is C11H14FN. The van der Waals surface area contributed by atoms with Gasteiger partial charge in [-0.2, -0.15) is 0 Å². The first-order valence-electron chi connectivity index (χ1n) is 4.25. The van der Waals surface area contributed by atoms with Gasteiger partial charge in [0.15, 0.2) is 0 Å². The molecule has 0 aliphatic heterocycles. The summed E-state index contributed by atoms with van der Waals surface area (Å²) in [5.74, 6) is -0.229. The van der Waals surface area contributed by atoms with E-state index in [1.165, 1.54) is 12.1 Å². The second-order valence-corrected chi connectivity index (χ2v) is 3.32. The third-order valence-corrected chi connectivity index (χ3v) is 1.77. The standard InChI is InChI=1S/C11H14FN/c1-8(2)7-11(13)9-3-5-10(12)6-4-9/h3-7,11H,13H2,1-2H3. The van der Waals surface area contributed by atoms with Gasteiger partial charge in [0.1, 0.15) is 5.82 Å². The van der Waals surface area contributed by atoms with Crippen LogP contribution in [0.25, 0.3) is 0 Å². The molecule has 2 heteroatoms. The molecule has 1 unspecified atom stereocenters. The quantitative estimate of drug-likeness (QED) is 0.694. The van der Waals surface area contributed by atoms with Crippen molar-refractivity contribution in [1.29, 1.82) is 0 Å². The van der Waals surface area contributed by atoms with Gasteiger partial charge in [-0.3, -0.25) is 0 Å². The van der Waals surface area contributed by atoms with E-state index in [9.17, 15) is 4.39 Å². The lowest BCUT2D eigenvalue weighted by Crippen LogP contribution is -2.07. The summed E-state index contributed by atoms with van der Waals surface area (Å²) < 4.78 is 12.6. The minimum Gasteiger partial charge on any atom is -0.321 e. The largest absolute Gasteiger partial charge is 0.321 e. The minimum atomic E-state index is -0.229. The molecule has 70 valence electrons. The molecule has 0 aliphatic carbocycles. The van der Waals surface area contributed by atoms with Crippen LogP contribution < -0.4 is 5.73 Å². The Morgan fingerprint density at radius 1 is 1.31 bits per heavy atom. The molecule has 13 heavy (non-hydrogen) atoms. The molecule has 0 bridgehead atoms. The van der Waals surface area contributed by atoms with E-state index in [2.05, 4.69) is 0 Å². The third kappa shape index (κ3) is 2.99. The number of halogens is 1. The molecular weight excluding hydrogens is 165 g/mol. The SMILES string of the molecule is CC(C)=CC(N)c1ccc(F)cc1. The molecule has 0 heterocycles. The Labute approximate surface area is 78.1 Å². The lowest BCUT2D eigenvalue weighted by Gasteiger charge is -2.07. The number of benzene rings is 1. The maximum atomic E-state index is 12.6. The van der Waals surface area contributed by atoms with Gasteiger partial charge in [0.2, 0.25) is 0 Å². The smallest absolute Gasteiger partial charge is 0.123 e. The van der Waals surface area contributed by atoms with Gasteiger partial charge in [-0.05, 0) is 31.5 Å². The number of hydrogen-bond acceptors (Lipinski definition) is 1. The molecule has 1 nitrogen and oxygen atoms in total. The molecule has 0 spiro atoms. The summed E-state index contributed by atoms with van der Waals surface area (Å²) in [6, 6.07) is 6.13. The van der Waals surface area contributed by atoms with Crippen molar-refractivity contribution >= 4 is 0 Å². The predicted octanol–water partition coefficient (Wildman–Crippen LogP) is 2.79. The van der Waals surface area contributed by atoms with Crippen molar-refractivity contribution < 1.29 is 4.39 Å². The zero-order valence-corrected chi connectivity index (χ0v) is 7.92. The van der Waals surface area contributed by atoms with Gasteiger partial charge in [0.25, 0.3) is 0 Å². The van der Waals surface area contributed by atoms with Crippen LogP contribution in [-0.4, -0.2) is 0 Å². The van der Waals surface area contributed by atoms with E-state index in [0.717, 1.165) is 11.1 Å². The third-order valence-electron chi connectivity index (χ3n) is 1.77. The second-order valence-electron chi connectivity index (χ2n) is 3.32. The summed E-state index contributed by atoms with van der Waals surface area (Å²) in [6.07, 6.45) is 1.95. The highest BCUT2D eigenvalue weighted by Crippen LogP contribution is 2.13. The van der Waals surface area contributed by atoms with Gasteiger partial charge >= 0.3 is 0 Å². The van der Waals surface area contributed by atoms with E-state index in [1.807, 2.05) is 19.9 Å². The van der Waals surface area contributed by atoms with Crippen LogP contribution in [0, 0.1) is 5.82 Å². The summed E-state index contributed by atoms with van der Waals surface area (Å²) in [7, 11) is 0. The number of hydrogen-bond donors (Lipinski definition) is 1. The summed E-state index contributed by atoms with van der Waals surface area (Å²) in [4.78, 5) is 0. The highest BCUT2D eigenvalue weighted by atomic mass is 19.1. The van der Waals surface area contributed by atoms with Crippen LogP contribution in [-0.2, 0) is 0 Å². The van der Waals surface area contributed by atoms with Gasteiger partial charge in [-0.25, -0.2) is 4.39 Å². The lowest BCUT2D eigenvalue weighted by atomic mass is 10.1. The Morgan fingerprint density at radius 3 is 2.31 bits per heavy atom. The summed E-state index contributed by atoms with van der Waals surface area (Å²) in [5.41, 5.74) is 7.94.